The number of aliphatic hydroxyl groups excluding tert-OH is 1. The van der Waals surface area contributed by atoms with E-state index in [0.717, 1.165) is 48.8 Å². The summed E-state index contributed by atoms with van der Waals surface area (Å²) in [5.74, 6) is -5.05. The van der Waals surface area contributed by atoms with Crippen molar-refractivity contribution in [1.29, 1.82) is 0 Å². The molecule has 1 amide bonds. The van der Waals surface area contributed by atoms with Crippen LogP contribution in [0.4, 0.5) is 0 Å². The number of amides is 1. The first-order valence-electron chi connectivity index (χ1n) is 25.3. The number of piperidine rings is 1. The molecular weight excluding hydrogens is 867 g/mol. The lowest BCUT2D eigenvalue weighted by Gasteiger charge is -2.42. The lowest BCUT2D eigenvalue weighted by Crippen LogP contribution is -2.61. The number of hydrogen-bond donors (Lipinski definition) is 2. The summed E-state index contributed by atoms with van der Waals surface area (Å²) < 4.78 is 32.3. The number of methoxy groups -OCH3 is 3. The number of nitrogens with zero attached hydrogens (tertiary/aromatic N) is 5. The number of tetrazole rings is 1. The van der Waals surface area contributed by atoms with Gasteiger partial charge in [0.15, 0.2) is 0 Å². The van der Waals surface area contributed by atoms with Crippen LogP contribution in [0, 0.1) is 35.5 Å². The Morgan fingerprint density at radius 1 is 0.882 bits per heavy atom. The van der Waals surface area contributed by atoms with Gasteiger partial charge in [0.1, 0.15) is 30.7 Å². The summed E-state index contributed by atoms with van der Waals surface area (Å²) in [6.45, 7) is 18.7. The molecule has 68 heavy (non-hydrogen) atoms. The number of esters is 1. The first kappa shape index (κ1) is 55.1. The summed E-state index contributed by atoms with van der Waals surface area (Å²) in [6.07, 6.45) is 19.1. The standard InChI is InChI=1S/C53H83N5O10/c1-33-17-13-12-14-18-35(3)46(64-9)31-42-23-21-39(7)53(63,68-42)50(60)51(61)57-26-16-15-19-44(57)52(62)67-45(25-20-34(2)28-38(6)48(59)49(66-11)40(8)36(4)27-33)37(5)29-41-22-24-43(47(30-41)65-10)58-32-54-55-56-58/h12-14,17-18,28,32-34,36-37,39,41-49,59,63H,8,15-16,19-27,29-31H2,1-7,9-11H3/b14-12+,17-13+,35-18+,38-28+/t33-,34+,36-,37-,39-,41+,42+,43+,44+,45+,46+,47-,48-,49+,53-/m1/s1. The van der Waals surface area contributed by atoms with Gasteiger partial charge in [-0.2, -0.15) is 0 Å². The Balaban J connectivity index is 1.44. The molecule has 1 saturated carbocycles. The maximum Gasteiger partial charge on any atom is 0.329 e. The number of rotatable bonds is 7. The van der Waals surface area contributed by atoms with Crippen LogP contribution in [-0.4, -0.2) is 129 Å². The Labute approximate surface area is 405 Å². The number of aliphatic hydroxyl groups is 2. The van der Waals surface area contributed by atoms with Gasteiger partial charge >= 0.3 is 5.97 Å². The topological polar surface area (TPSA) is 185 Å². The minimum absolute atomic E-state index is 0.00494. The van der Waals surface area contributed by atoms with E-state index in [0.29, 0.717) is 51.4 Å². The highest BCUT2D eigenvalue weighted by Gasteiger charge is 2.53. The number of allylic oxidation sites excluding steroid dienone is 6. The quantitative estimate of drug-likeness (QED) is 0.153. The number of carbonyl (C=O) groups is 3. The van der Waals surface area contributed by atoms with Crippen LogP contribution in [-0.2, 0) is 38.1 Å². The van der Waals surface area contributed by atoms with Gasteiger partial charge in [0, 0.05) is 40.2 Å². The molecule has 3 aliphatic heterocycles. The molecule has 15 nitrogen and oxygen atoms in total. The lowest BCUT2D eigenvalue weighted by atomic mass is 9.77. The molecule has 1 aliphatic carbocycles. The fourth-order valence-electron chi connectivity index (χ4n) is 11.0. The zero-order chi connectivity index (χ0) is 49.7. The SMILES string of the molecule is C=C1[C@H](C)C[C@H](C)/C=C/C=C/C=C(\C)[C@@H](OC)C[C@@H]2CC[C@@H](C)[C@@](O)(O2)C(=O)C(=O)N2CCCC[C@H]2C(=O)O[C@H]([C@H](C)C[C@@H]2CC[C@H](n3cnnn3)[C@H](OC)C2)CC[C@H](C)/C=C(\C)[C@@H](O)[C@H]1OC. The number of ether oxygens (including phenoxy) is 5. The number of cyclic esters (lactones) is 1. The highest BCUT2D eigenvalue weighted by atomic mass is 16.6. The van der Waals surface area contributed by atoms with Crippen LogP contribution in [0.3, 0.4) is 0 Å². The smallest absolute Gasteiger partial charge is 0.329 e. The summed E-state index contributed by atoms with van der Waals surface area (Å²) in [6, 6.07) is -0.976. The summed E-state index contributed by atoms with van der Waals surface area (Å²) in [7, 11) is 4.94. The predicted octanol–water partition coefficient (Wildman–Crippen LogP) is 7.86. The molecule has 4 heterocycles. The second-order valence-electron chi connectivity index (χ2n) is 20.6. The van der Waals surface area contributed by atoms with Gasteiger partial charge in [0.2, 0.25) is 5.79 Å². The van der Waals surface area contributed by atoms with Crippen LogP contribution in [0.2, 0.25) is 0 Å². The Bertz CT molecular complexity index is 1930. The van der Waals surface area contributed by atoms with Gasteiger partial charge in [-0.15, -0.1) is 5.10 Å². The molecular formula is C53H83N5O10. The minimum atomic E-state index is -2.37. The molecule has 15 heteroatoms. The number of fused-ring (bicyclic) bond motifs is 3. The van der Waals surface area contributed by atoms with E-state index in [1.807, 2.05) is 38.2 Å². The van der Waals surface area contributed by atoms with Crippen molar-refractivity contribution in [3.05, 3.63) is 66.1 Å². The first-order valence-corrected chi connectivity index (χ1v) is 25.3. The number of ketones is 1. The van der Waals surface area contributed by atoms with Gasteiger partial charge in [-0.05, 0) is 148 Å². The molecule has 0 unspecified atom stereocenters. The van der Waals surface area contributed by atoms with Crippen molar-refractivity contribution >= 4 is 17.7 Å². The average Bonchev–Trinajstić information content (AvgIpc) is 3.87. The van der Waals surface area contributed by atoms with E-state index in [-0.39, 0.29) is 54.4 Å². The van der Waals surface area contributed by atoms with Crippen molar-refractivity contribution in [2.75, 3.05) is 27.9 Å². The second-order valence-corrected chi connectivity index (χ2v) is 20.6. The fraction of sp³-hybridized carbons (Fsp3) is 0.736. The Hall–Kier alpha value is -3.86. The van der Waals surface area contributed by atoms with E-state index in [1.165, 1.54) is 4.90 Å². The Morgan fingerprint density at radius 2 is 1.65 bits per heavy atom. The monoisotopic (exact) mass is 950 g/mol. The van der Waals surface area contributed by atoms with Crippen molar-refractivity contribution in [2.45, 2.75) is 186 Å². The molecule has 0 aromatic carbocycles. The first-order chi connectivity index (χ1) is 32.4. The molecule has 1 aromatic rings. The van der Waals surface area contributed by atoms with Crippen LogP contribution < -0.4 is 0 Å². The summed E-state index contributed by atoms with van der Waals surface area (Å²) >= 11 is 0. The number of aromatic nitrogens is 4. The largest absolute Gasteiger partial charge is 0.461 e. The van der Waals surface area contributed by atoms with Crippen LogP contribution in [0.25, 0.3) is 0 Å². The van der Waals surface area contributed by atoms with E-state index in [9.17, 15) is 24.6 Å². The van der Waals surface area contributed by atoms with Crippen LogP contribution in [0.1, 0.15) is 138 Å². The highest BCUT2D eigenvalue weighted by Crippen LogP contribution is 2.40. The van der Waals surface area contributed by atoms with Crippen molar-refractivity contribution in [3.63, 3.8) is 0 Å². The van der Waals surface area contributed by atoms with Crippen molar-refractivity contribution in [2.24, 2.45) is 35.5 Å². The zero-order valence-corrected chi connectivity index (χ0v) is 42.6. The van der Waals surface area contributed by atoms with Crippen molar-refractivity contribution < 1.29 is 48.3 Å². The Kier molecular flexibility index (Phi) is 20.9. The molecule has 2 saturated heterocycles. The minimum Gasteiger partial charge on any atom is -0.461 e. The molecule has 380 valence electrons. The number of carbonyl (C=O) groups excluding carboxylic acids is 3. The van der Waals surface area contributed by atoms with E-state index >= 15 is 0 Å². The molecule has 4 aliphatic rings. The molecule has 2 bridgehead atoms. The third-order valence-corrected chi connectivity index (χ3v) is 15.4. The maximum atomic E-state index is 14.5. The molecule has 3 fully saturated rings. The molecule has 2 N–H and O–H groups in total. The fourth-order valence-corrected chi connectivity index (χ4v) is 11.0. The van der Waals surface area contributed by atoms with Crippen LogP contribution in [0.15, 0.2) is 66.1 Å². The third-order valence-electron chi connectivity index (χ3n) is 15.4. The molecule has 0 spiro atoms. The summed E-state index contributed by atoms with van der Waals surface area (Å²) in [4.78, 5) is 44.5. The van der Waals surface area contributed by atoms with E-state index < -0.39 is 59.8 Å². The summed E-state index contributed by atoms with van der Waals surface area (Å²) in [5, 5.41) is 35.5. The molecule has 15 atom stereocenters. The van der Waals surface area contributed by atoms with E-state index in [1.54, 1.807) is 39.3 Å². The second kappa shape index (κ2) is 25.8. The van der Waals surface area contributed by atoms with E-state index in [2.05, 4.69) is 62.0 Å². The van der Waals surface area contributed by atoms with Gasteiger partial charge in [0.05, 0.1) is 24.4 Å². The number of Topliss-reactive ketones (excluding diaryl/α,β-unsaturated/α-hetero) is 1. The number of hydrogen-bond acceptors (Lipinski definition) is 13. The van der Waals surface area contributed by atoms with Gasteiger partial charge in [-0.25, -0.2) is 9.48 Å². The van der Waals surface area contributed by atoms with Gasteiger partial charge < -0.3 is 38.8 Å². The Morgan fingerprint density at radius 3 is 2.34 bits per heavy atom. The summed E-state index contributed by atoms with van der Waals surface area (Å²) in [5.41, 5.74) is 2.54. The molecule has 1 aromatic heterocycles. The van der Waals surface area contributed by atoms with Gasteiger partial charge in [0.25, 0.3) is 11.7 Å². The predicted molar refractivity (Wildman–Crippen MR) is 260 cm³/mol. The van der Waals surface area contributed by atoms with Crippen molar-refractivity contribution in [3.8, 4) is 0 Å². The third kappa shape index (κ3) is 14.1. The maximum absolute atomic E-state index is 14.5. The van der Waals surface area contributed by atoms with Crippen LogP contribution in [0.5, 0.6) is 0 Å². The molecule has 0 radical (unpaired) electrons. The zero-order valence-electron chi connectivity index (χ0n) is 42.6. The molecule has 5 rings (SSSR count). The van der Waals surface area contributed by atoms with Crippen LogP contribution >= 0.6 is 0 Å². The van der Waals surface area contributed by atoms with Gasteiger partial charge in [-0.1, -0.05) is 77.7 Å². The normalized spacial score (nSPS) is 39.1. The van der Waals surface area contributed by atoms with Crippen molar-refractivity contribution in [1.82, 2.24) is 25.1 Å². The average molecular weight is 950 g/mol. The van der Waals surface area contributed by atoms with E-state index in [4.69, 9.17) is 23.7 Å². The lowest BCUT2D eigenvalue weighted by molar-refractivity contribution is -0.265. The highest BCUT2D eigenvalue weighted by molar-refractivity contribution is 6.39. The van der Waals surface area contributed by atoms with Gasteiger partial charge in [-0.3, -0.25) is 9.59 Å².